The molecule has 0 saturated carbocycles. The number of carbonyl (C=O) groups is 1. The molecule has 0 fully saturated rings. The number of rotatable bonds is 6. The number of nitrogens with zero attached hydrogens (tertiary/aromatic N) is 2. The molecule has 1 amide bonds. The summed E-state index contributed by atoms with van der Waals surface area (Å²) < 4.78 is 13.4. The molecule has 0 aliphatic carbocycles. The van der Waals surface area contributed by atoms with E-state index in [0.717, 1.165) is 17.8 Å². The molecule has 116 valence electrons. The zero-order valence-corrected chi connectivity index (χ0v) is 13.4. The van der Waals surface area contributed by atoms with Crippen LogP contribution in [-0.2, 0) is 4.79 Å². The summed E-state index contributed by atoms with van der Waals surface area (Å²) in [7, 11) is 0. The van der Waals surface area contributed by atoms with Crippen molar-refractivity contribution >= 4 is 28.5 Å². The Labute approximate surface area is 133 Å². The SMILES string of the molecule is CCC(CC)c1nnc(NC(=O)/C=C/c2ccccc2F)s1. The Kier molecular flexibility index (Phi) is 5.77. The van der Waals surface area contributed by atoms with Crippen LogP contribution in [0.25, 0.3) is 6.08 Å². The van der Waals surface area contributed by atoms with Gasteiger partial charge in [0.2, 0.25) is 11.0 Å². The highest BCUT2D eigenvalue weighted by Crippen LogP contribution is 2.27. The molecule has 1 heterocycles. The average Bonchev–Trinajstić information content (AvgIpc) is 2.96. The van der Waals surface area contributed by atoms with E-state index in [9.17, 15) is 9.18 Å². The standard InChI is InChI=1S/C16H18FN3OS/c1-3-11(4-2)15-19-20-16(22-15)18-14(21)10-9-12-7-5-6-8-13(12)17/h5-11H,3-4H2,1-2H3,(H,18,20,21)/b10-9+. The monoisotopic (exact) mass is 319 g/mol. The van der Waals surface area contributed by atoms with E-state index in [0.29, 0.717) is 16.6 Å². The van der Waals surface area contributed by atoms with Gasteiger partial charge in [0, 0.05) is 17.6 Å². The average molecular weight is 319 g/mol. The highest BCUT2D eigenvalue weighted by Gasteiger charge is 2.13. The van der Waals surface area contributed by atoms with Crippen molar-refractivity contribution in [1.82, 2.24) is 10.2 Å². The van der Waals surface area contributed by atoms with Crippen LogP contribution < -0.4 is 5.32 Å². The lowest BCUT2D eigenvalue weighted by atomic mass is 10.1. The lowest BCUT2D eigenvalue weighted by Gasteiger charge is -2.05. The largest absolute Gasteiger partial charge is 0.297 e. The van der Waals surface area contributed by atoms with Crippen molar-refractivity contribution in [1.29, 1.82) is 0 Å². The molecule has 0 bridgehead atoms. The van der Waals surface area contributed by atoms with E-state index in [1.807, 2.05) is 0 Å². The summed E-state index contributed by atoms with van der Waals surface area (Å²) in [6, 6.07) is 6.28. The van der Waals surface area contributed by atoms with Gasteiger partial charge >= 0.3 is 0 Å². The van der Waals surface area contributed by atoms with E-state index in [1.54, 1.807) is 18.2 Å². The summed E-state index contributed by atoms with van der Waals surface area (Å²) in [4.78, 5) is 11.8. The van der Waals surface area contributed by atoms with Crippen molar-refractivity contribution in [3.63, 3.8) is 0 Å². The van der Waals surface area contributed by atoms with Crippen LogP contribution >= 0.6 is 11.3 Å². The molecule has 0 radical (unpaired) electrons. The normalized spacial score (nSPS) is 11.3. The molecule has 0 atom stereocenters. The maximum atomic E-state index is 13.4. The van der Waals surface area contributed by atoms with Gasteiger partial charge in [-0.2, -0.15) is 0 Å². The third-order valence-corrected chi connectivity index (χ3v) is 4.33. The molecule has 2 aromatic rings. The first-order chi connectivity index (χ1) is 10.6. The fourth-order valence-electron chi connectivity index (χ4n) is 2.01. The minimum atomic E-state index is -0.363. The molecule has 6 heteroatoms. The summed E-state index contributed by atoms with van der Waals surface area (Å²) in [5, 5.41) is 12.1. The second-order valence-corrected chi connectivity index (χ2v) is 5.81. The molecule has 0 aliphatic rings. The molecule has 22 heavy (non-hydrogen) atoms. The maximum absolute atomic E-state index is 13.4. The summed E-state index contributed by atoms with van der Waals surface area (Å²) in [5.41, 5.74) is 0.368. The molecule has 0 aliphatic heterocycles. The molecule has 1 aromatic carbocycles. The van der Waals surface area contributed by atoms with E-state index in [2.05, 4.69) is 29.4 Å². The van der Waals surface area contributed by atoms with Gasteiger partial charge in [-0.3, -0.25) is 10.1 Å². The fraction of sp³-hybridized carbons (Fsp3) is 0.312. The Hall–Kier alpha value is -2.08. The predicted octanol–water partition coefficient (Wildman–Crippen LogP) is 4.23. The third kappa shape index (κ3) is 4.21. The van der Waals surface area contributed by atoms with Gasteiger partial charge in [-0.1, -0.05) is 43.4 Å². The minimum absolute atomic E-state index is 0.351. The Morgan fingerprint density at radius 3 is 2.73 bits per heavy atom. The highest BCUT2D eigenvalue weighted by molar-refractivity contribution is 7.15. The molecule has 2 rings (SSSR count). The Morgan fingerprint density at radius 1 is 1.32 bits per heavy atom. The van der Waals surface area contributed by atoms with Crippen LogP contribution in [0.2, 0.25) is 0 Å². The highest BCUT2D eigenvalue weighted by atomic mass is 32.1. The van der Waals surface area contributed by atoms with Crippen LogP contribution in [0.5, 0.6) is 0 Å². The molecular weight excluding hydrogens is 301 g/mol. The first-order valence-electron chi connectivity index (χ1n) is 7.21. The Morgan fingerprint density at radius 2 is 2.05 bits per heavy atom. The van der Waals surface area contributed by atoms with Gasteiger partial charge in [0.05, 0.1) is 0 Å². The van der Waals surface area contributed by atoms with Gasteiger partial charge in [-0.15, -0.1) is 10.2 Å². The van der Waals surface area contributed by atoms with Crippen molar-refractivity contribution in [3.8, 4) is 0 Å². The molecular formula is C16H18FN3OS. The number of amides is 1. The van der Waals surface area contributed by atoms with Crippen LogP contribution in [0, 0.1) is 5.82 Å². The zero-order valence-electron chi connectivity index (χ0n) is 12.5. The van der Waals surface area contributed by atoms with Crippen LogP contribution in [0.15, 0.2) is 30.3 Å². The van der Waals surface area contributed by atoms with Gasteiger partial charge < -0.3 is 0 Å². The maximum Gasteiger partial charge on any atom is 0.250 e. The quantitative estimate of drug-likeness (QED) is 0.811. The number of hydrogen-bond acceptors (Lipinski definition) is 4. The summed E-state index contributed by atoms with van der Waals surface area (Å²) in [6.45, 7) is 4.20. The van der Waals surface area contributed by atoms with E-state index >= 15 is 0 Å². The summed E-state index contributed by atoms with van der Waals surface area (Å²) >= 11 is 1.38. The van der Waals surface area contributed by atoms with Crippen LogP contribution in [0.4, 0.5) is 9.52 Å². The summed E-state index contributed by atoms with van der Waals surface area (Å²) in [6.07, 6.45) is 4.71. The van der Waals surface area contributed by atoms with Crippen molar-refractivity contribution in [2.75, 3.05) is 5.32 Å². The number of benzene rings is 1. The number of anilines is 1. The molecule has 4 nitrogen and oxygen atoms in total. The zero-order chi connectivity index (χ0) is 15.9. The fourth-order valence-corrected chi connectivity index (χ4v) is 3.02. The first kappa shape index (κ1) is 16.3. The van der Waals surface area contributed by atoms with Crippen molar-refractivity contribution in [3.05, 3.63) is 46.7 Å². The second-order valence-electron chi connectivity index (χ2n) is 4.80. The van der Waals surface area contributed by atoms with Crippen molar-refractivity contribution in [2.45, 2.75) is 32.6 Å². The van der Waals surface area contributed by atoms with E-state index in [4.69, 9.17) is 0 Å². The molecule has 1 aromatic heterocycles. The van der Waals surface area contributed by atoms with Crippen molar-refractivity contribution < 1.29 is 9.18 Å². The van der Waals surface area contributed by atoms with Gasteiger partial charge in [-0.25, -0.2) is 4.39 Å². The lowest BCUT2D eigenvalue weighted by molar-refractivity contribution is -0.111. The van der Waals surface area contributed by atoms with Gasteiger partial charge in [-0.05, 0) is 25.0 Å². The summed E-state index contributed by atoms with van der Waals surface area (Å²) in [5.74, 6) is -0.342. The number of aromatic nitrogens is 2. The number of hydrogen-bond donors (Lipinski definition) is 1. The topological polar surface area (TPSA) is 54.9 Å². The van der Waals surface area contributed by atoms with Gasteiger partial charge in [0.1, 0.15) is 10.8 Å². The lowest BCUT2D eigenvalue weighted by Crippen LogP contribution is -2.07. The number of halogens is 1. The van der Waals surface area contributed by atoms with E-state index < -0.39 is 0 Å². The molecule has 1 N–H and O–H groups in total. The molecule has 0 saturated heterocycles. The minimum Gasteiger partial charge on any atom is -0.297 e. The van der Waals surface area contributed by atoms with Crippen LogP contribution in [0.1, 0.15) is 43.2 Å². The van der Waals surface area contributed by atoms with E-state index in [-0.39, 0.29) is 11.7 Å². The van der Waals surface area contributed by atoms with Crippen LogP contribution in [0.3, 0.4) is 0 Å². The van der Waals surface area contributed by atoms with E-state index in [1.165, 1.54) is 29.6 Å². The first-order valence-corrected chi connectivity index (χ1v) is 8.02. The predicted molar refractivity (Wildman–Crippen MR) is 87.3 cm³/mol. The Balaban J connectivity index is 1.99. The number of carbonyl (C=O) groups excluding carboxylic acids is 1. The second kappa shape index (κ2) is 7.79. The molecule has 0 spiro atoms. The van der Waals surface area contributed by atoms with Crippen LogP contribution in [-0.4, -0.2) is 16.1 Å². The number of nitrogens with one attached hydrogen (secondary N) is 1. The third-order valence-electron chi connectivity index (χ3n) is 3.33. The molecule has 0 unspecified atom stereocenters. The smallest absolute Gasteiger partial charge is 0.250 e. The van der Waals surface area contributed by atoms with Crippen molar-refractivity contribution in [2.24, 2.45) is 0 Å². The Bertz CT molecular complexity index is 665. The van der Waals surface area contributed by atoms with Gasteiger partial charge in [0.15, 0.2) is 0 Å². The van der Waals surface area contributed by atoms with Gasteiger partial charge in [0.25, 0.3) is 0 Å².